The second-order valence-electron chi connectivity index (χ2n) is 5.94. The minimum Gasteiger partial charge on any atom is -0.425 e. The van der Waals surface area contributed by atoms with Gasteiger partial charge in [-0.2, -0.15) is 0 Å². The second kappa shape index (κ2) is 5.04. The molecule has 5 heteroatoms. The molecule has 0 radical (unpaired) electrons. The normalized spacial score (nSPS) is 29.6. The van der Waals surface area contributed by atoms with Crippen molar-refractivity contribution in [1.29, 1.82) is 0 Å². The first-order chi connectivity index (χ1) is 9.15. The molecule has 0 N–H and O–H groups in total. The highest BCUT2D eigenvalue weighted by molar-refractivity contribution is 5.79. The Bertz CT molecular complexity index is 447. The van der Waals surface area contributed by atoms with Crippen molar-refractivity contribution in [3.8, 4) is 0 Å². The third-order valence-corrected chi connectivity index (χ3v) is 4.47. The number of aromatic nitrogens is 2. The van der Waals surface area contributed by atoms with Gasteiger partial charge in [-0.1, -0.05) is 0 Å². The van der Waals surface area contributed by atoms with E-state index in [1.807, 2.05) is 0 Å². The Hall–Kier alpha value is -1.23. The van der Waals surface area contributed by atoms with Crippen LogP contribution in [0.5, 0.6) is 0 Å². The Morgan fingerprint density at radius 1 is 1.37 bits per heavy atom. The lowest BCUT2D eigenvalue weighted by Crippen LogP contribution is -2.42. The van der Waals surface area contributed by atoms with Gasteiger partial charge in [-0.05, 0) is 37.5 Å². The Balaban J connectivity index is 1.50. The second-order valence-corrected chi connectivity index (χ2v) is 5.94. The summed E-state index contributed by atoms with van der Waals surface area (Å²) in [6, 6.07) is 0. The van der Waals surface area contributed by atoms with Crippen LogP contribution in [-0.2, 0) is 16.0 Å². The number of aryl methyl sites for hydroxylation is 1. The summed E-state index contributed by atoms with van der Waals surface area (Å²) in [4.78, 5) is 12.0. The molecule has 2 aliphatic heterocycles. The molecule has 2 saturated heterocycles. The minimum absolute atomic E-state index is 0.186. The third-order valence-electron chi connectivity index (χ3n) is 4.47. The summed E-state index contributed by atoms with van der Waals surface area (Å²) in [5.41, 5.74) is 0.259. The number of fused-ring (bicyclic) bond motifs is 3. The zero-order valence-corrected chi connectivity index (χ0v) is 11.4. The lowest BCUT2D eigenvalue weighted by atomic mass is 9.68. The van der Waals surface area contributed by atoms with Crippen LogP contribution in [0.1, 0.15) is 50.3 Å². The number of hydrogen-bond acceptors (Lipinski definition) is 5. The maximum absolute atomic E-state index is 12.0. The number of rotatable bonds is 5. The molecule has 3 fully saturated rings. The van der Waals surface area contributed by atoms with Gasteiger partial charge in [-0.25, -0.2) is 0 Å². The summed E-state index contributed by atoms with van der Waals surface area (Å²) in [5.74, 6) is 1.13. The van der Waals surface area contributed by atoms with E-state index in [1.54, 1.807) is 6.92 Å². The van der Waals surface area contributed by atoms with Crippen molar-refractivity contribution in [2.45, 2.75) is 58.0 Å². The molecule has 2 bridgehead atoms. The smallest absolute Gasteiger partial charge is 0.223 e. The summed E-state index contributed by atoms with van der Waals surface area (Å²) < 4.78 is 11.0. The summed E-state index contributed by atoms with van der Waals surface area (Å²) >= 11 is 0. The van der Waals surface area contributed by atoms with Crippen molar-refractivity contribution in [3.63, 3.8) is 0 Å². The predicted octanol–water partition coefficient (Wildman–Crippen LogP) is 2.23. The highest BCUT2D eigenvalue weighted by Crippen LogP contribution is 2.46. The molecule has 104 valence electrons. The maximum atomic E-state index is 12.0. The number of Topliss-reactive ketones (excluding diaryl/α,β-unsaturated/α-hetero) is 1. The first-order valence-corrected chi connectivity index (χ1v) is 7.08. The summed E-state index contributed by atoms with van der Waals surface area (Å²) in [7, 11) is 0. The molecule has 1 aromatic rings. The highest BCUT2D eigenvalue weighted by atomic mass is 16.5. The van der Waals surface area contributed by atoms with E-state index in [2.05, 4.69) is 10.2 Å². The third kappa shape index (κ3) is 2.86. The monoisotopic (exact) mass is 264 g/mol. The van der Waals surface area contributed by atoms with Crippen molar-refractivity contribution in [3.05, 3.63) is 11.8 Å². The van der Waals surface area contributed by atoms with Gasteiger partial charge in [0.2, 0.25) is 11.8 Å². The molecular weight excluding hydrogens is 244 g/mol. The van der Waals surface area contributed by atoms with Gasteiger partial charge in [0.15, 0.2) is 0 Å². The Morgan fingerprint density at radius 2 is 2.16 bits per heavy atom. The van der Waals surface area contributed by atoms with Gasteiger partial charge in [-0.15, -0.1) is 10.2 Å². The van der Waals surface area contributed by atoms with Gasteiger partial charge in [0, 0.05) is 13.3 Å². The number of nitrogens with zero attached hydrogens (tertiary/aromatic N) is 2. The first kappa shape index (κ1) is 12.8. The molecule has 1 aliphatic carbocycles. The quantitative estimate of drug-likeness (QED) is 0.816. The molecule has 0 amide bonds. The molecule has 19 heavy (non-hydrogen) atoms. The van der Waals surface area contributed by atoms with Gasteiger partial charge in [0.05, 0.1) is 19.1 Å². The molecule has 1 saturated carbocycles. The molecule has 0 unspecified atom stereocenters. The number of ketones is 1. The van der Waals surface area contributed by atoms with E-state index in [9.17, 15) is 4.79 Å². The van der Waals surface area contributed by atoms with Gasteiger partial charge >= 0.3 is 0 Å². The molecular formula is C14H20N2O3. The van der Waals surface area contributed by atoms with Gasteiger partial charge in [-0.3, -0.25) is 4.79 Å². The van der Waals surface area contributed by atoms with E-state index in [0.717, 1.165) is 25.9 Å². The number of hydrogen-bond donors (Lipinski definition) is 0. The van der Waals surface area contributed by atoms with E-state index in [-0.39, 0.29) is 17.6 Å². The lowest BCUT2D eigenvalue weighted by Gasteiger charge is -2.46. The van der Waals surface area contributed by atoms with Crippen LogP contribution in [0.25, 0.3) is 0 Å². The highest BCUT2D eigenvalue weighted by Gasteiger charge is 2.41. The van der Waals surface area contributed by atoms with Crippen LogP contribution in [0.15, 0.2) is 4.42 Å². The summed E-state index contributed by atoms with van der Waals surface area (Å²) in [5, 5.41) is 7.60. The molecule has 0 atom stereocenters. The van der Waals surface area contributed by atoms with E-state index < -0.39 is 0 Å². The van der Waals surface area contributed by atoms with Crippen molar-refractivity contribution < 1.29 is 13.9 Å². The van der Waals surface area contributed by atoms with Crippen LogP contribution < -0.4 is 0 Å². The number of carbonyl (C=O) groups excluding carboxylic acids is 1. The fourth-order valence-corrected chi connectivity index (χ4v) is 3.20. The van der Waals surface area contributed by atoms with Crippen molar-refractivity contribution in [2.24, 2.45) is 5.41 Å². The first-order valence-electron chi connectivity index (χ1n) is 7.08. The van der Waals surface area contributed by atoms with Crippen molar-refractivity contribution in [1.82, 2.24) is 10.2 Å². The van der Waals surface area contributed by atoms with Crippen molar-refractivity contribution >= 4 is 5.78 Å². The molecule has 0 aromatic carbocycles. The Labute approximate surface area is 112 Å². The fraction of sp³-hybridized carbons (Fsp3) is 0.786. The average Bonchev–Trinajstić information content (AvgIpc) is 2.84. The van der Waals surface area contributed by atoms with Gasteiger partial charge < -0.3 is 9.15 Å². The average molecular weight is 264 g/mol. The van der Waals surface area contributed by atoms with Crippen LogP contribution in [0.3, 0.4) is 0 Å². The van der Waals surface area contributed by atoms with E-state index in [1.165, 1.54) is 12.8 Å². The summed E-state index contributed by atoms with van der Waals surface area (Å²) in [6.07, 6.45) is 7.03. The zero-order chi connectivity index (χ0) is 13.3. The summed E-state index contributed by atoms with van der Waals surface area (Å²) in [6.45, 7) is 2.57. The Kier molecular flexibility index (Phi) is 3.39. The standard InChI is InChI=1S/C14H20N2O3/c1-10-15-16-13(19-10)8-11(17)2-5-14-6-3-12(4-7-14)18-9-14/h12H,2-9H2,1H3. The van der Waals surface area contributed by atoms with Crippen LogP contribution in [0.2, 0.25) is 0 Å². The van der Waals surface area contributed by atoms with Crippen LogP contribution in [0, 0.1) is 12.3 Å². The van der Waals surface area contributed by atoms with E-state index in [0.29, 0.717) is 24.3 Å². The maximum Gasteiger partial charge on any atom is 0.223 e. The molecule has 3 heterocycles. The van der Waals surface area contributed by atoms with E-state index >= 15 is 0 Å². The van der Waals surface area contributed by atoms with Crippen LogP contribution >= 0.6 is 0 Å². The molecule has 5 nitrogen and oxygen atoms in total. The number of ether oxygens (including phenoxy) is 1. The zero-order valence-electron chi connectivity index (χ0n) is 11.4. The predicted molar refractivity (Wildman–Crippen MR) is 67.6 cm³/mol. The van der Waals surface area contributed by atoms with E-state index in [4.69, 9.17) is 9.15 Å². The van der Waals surface area contributed by atoms with Gasteiger partial charge in [0.1, 0.15) is 5.78 Å². The number of carbonyl (C=O) groups is 1. The lowest BCUT2D eigenvalue weighted by molar-refractivity contribution is -0.128. The molecule has 1 aromatic heterocycles. The molecule has 0 spiro atoms. The van der Waals surface area contributed by atoms with Gasteiger partial charge in [0.25, 0.3) is 0 Å². The molecule has 4 rings (SSSR count). The largest absolute Gasteiger partial charge is 0.425 e. The van der Waals surface area contributed by atoms with Crippen LogP contribution in [0.4, 0.5) is 0 Å². The topological polar surface area (TPSA) is 65.2 Å². The van der Waals surface area contributed by atoms with Crippen LogP contribution in [-0.4, -0.2) is 28.7 Å². The minimum atomic E-state index is 0.186. The Morgan fingerprint density at radius 3 is 2.74 bits per heavy atom. The molecule has 3 aliphatic rings. The SMILES string of the molecule is Cc1nnc(CC(=O)CCC23CCC(CC2)OC3)o1. The fourth-order valence-electron chi connectivity index (χ4n) is 3.20. The van der Waals surface area contributed by atoms with Crippen molar-refractivity contribution in [2.75, 3.05) is 6.61 Å².